The summed E-state index contributed by atoms with van der Waals surface area (Å²) in [4.78, 5) is 26.1. The van der Waals surface area contributed by atoms with Gasteiger partial charge in [0.1, 0.15) is 0 Å². The molecule has 0 aromatic heterocycles. The lowest BCUT2D eigenvalue weighted by atomic mass is 10.1. The molecular formula is C17H25NO3. The van der Waals surface area contributed by atoms with Crippen LogP contribution in [0.25, 0.3) is 0 Å². The monoisotopic (exact) mass is 291 g/mol. The van der Waals surface area contributed by atoms with E-state index in [2.05, 4.69) is 20.8 Å². The number of hydrogen-bond donors (Lipinski definition) is 0. The summed E-state index contributed by atoms with van der Waals surface area (Å²) in [6.07, 6.45) is 2.93. The zero-order valence-corrected chi connectivity index (χ0v) is 13.4. The lowest BCUT2D eigenvalue weighted by Gasteiger charge is -2.28. The normalized spacial score (nSPS) is 11.8. The van der Waals surface area contributed by atoms with Crippen molar-refractivity contribution in [1.29, 1.82) is 0 Å². The number of methoxy groups -OCH3 is 1. The average Bonchev–Trinajstić information content (AvgIpc) is 2.53. The predicted octanol–water partition coefficient (Wildman–Crippen LogP) is 3.51. The fraction of sp³-hybridized carbons (Fsp3) is 0.529. The molecule has 1 aromatic rings. The van der Waals surface area contributed by atoms with Crippen molar-refractivity contribution in [3.05, 3.63) is 35.4 Å². The first-order valence-electron chi connectivity index (χ1n) is 7.54. The number of rotatable bonds is 7. The van der Waals surface area contributed by atoms with E-state index in [9.17, 15) is 9.59 Å². The van der Waals surface area contributed by atoms with Gasteiger partial charge in [0.05, 0.1) is 12.7 Å². The molecule has 116 valence electrons. The average molecular weight is 291 g/mol. The Morgan fingerprint density at radius 3 is 2.48 bits per heavy atom. The number of esters is 1. The van der Waals surface area contributed by atoms with Gasteiger partial charge in [-0.2, -0.15) is 0 Å². The lowest BCUT2D eigenvalue weighted by molar-refractivity contribution is 0.0600. The van der Waals surface area contributed by atoms with E-state index in [1.807, 2.05) is 4.90 Å². The van der Waals surface area contributed by atoms with E-state index in [0.717, 1.165) is 25.8 Å². The summed E-state index contributed by atoms with van der Waals surface area (Å²) in [7, 11) is 1.34. The summed E-state index contributed by atoms with van der Waals surface area (Å²) in [6.45, 7) is 6.98. The second kappa shape index (κ2) is 8.45. The van der Waals surface area contributed by atoms with Crippen molar-refractivity contribution in [2.24, 2.45) is 0 Å². The minimum absolute atomic E-state index is 0.0245. The molecule has 0 fully saturated rings. The molecule has 0 N–H and O–H groups in total. The van der Waals surface area contributed by atoms with E-state index in [4.69, 9.17) is 4.74 Å². The maximum atomic E-state index is 12.7. The maximum Gasteiger partial charge on any atom is 0.337 e. The third kappa shape index (κ3) is 4.59. The van der Waals surface area contributed by atoms with Gasteiger partial charge in [0.2, 0.25) is 0 Å². The van der Waals surface area contributed by atoms with Crippen molar-refractivity contribution in [1.82, 2.24) is 4.90 Å². The molecule has 1 unspecified atom stereocenters. The van der Waals surface area contributed by atoms with Crippen molar-refractivity contribution in [2.45, 2.75) is 46.1 Å². The van der Waals surface area contributed by atoms with Crippen LogP contribution >= 0.6 is 0 Å². The minimum atomic E-state index is -0.423. The largest absolute Gasteiger partial charge is 0.465 e. The first kappa shape index (κ1) is 17.2. The molecule has 1 atom stereocenters. The molecule has 21 heavy (non-hydrogen) atoms. The smallest absolute Gasteiger partial charge is 0.337 e. The molecule has 0 spiro atoms. The van der Waals surface area contributed by atoms with Crippen LogP contribution in [0.1, 0.15) is 60.7 Å². The number of hydrogen-bond acceptors (Lipinski definition) is 3. The van der Waals surface area contributed by atoms with Crippen molar-refractivity contribution in [3.8, 4) is 0 Å². The fourth-order valence-corrected chi connectivity index (χ4v) is 2.13. The SMILES string of the molecule is CCCCN(C(=O)c1cccc(C(=O)OC)c1)C(C)CC. The molecule has 0 radical (unpaired) electrons. The van der Waals surface area contributed by atoms with Crippen LogP contribution in [-0.4, -0.2) is 36.5 Å². The van der Waals surface area contributed by atoms with Gasteiger partial charge in [-0.15, -0.1) is 0 Å². The highest BCUT2D eigenvalue weighted by Gasteiger charge is 2.20. The second-order valence-electron chi connectivity index (χ2n) is 5.18. The summed E-state index contributed by atoms with van der Waals surface area (Å²) >= 11 is 0. The second-order valence-corrected chi connectivity index (χ2v) is 5.18. The highest BCUT2D eigenvalue weighted by atomic mass is 16.5. The van der Waals surface area contributed by atoms with Gasteiger partial charge in [-0.1, -0.05) is 26.3 Å². The molecule has 0 aliphatic rings. The van der Waals surface area contributed by atoms with Crippen LogP contribution in [0.5, 0.6) is 0 Å². The molecule has 0 saturated carbocycles. The highest BCUT2D eigenvalue weighted by Crippen LogP contribution is 2.14. The number of ether oxygens (including phenoxy) is 1. The van der Waals surface area contributed by atoms with Gasteiger partial charge >= 0.3 is 5.97 Å². The van der Waals surface area contributed by atoms with Crippen molar-refractivity contribution in [2.75, 3.05) is 13.7 Å². The van der Waals surface area contributed by atoms with Crippen LogP contribution < -0.4 is 0 Å². The van der Waals surface area contributed by atoms with E-state index in [-0.39, 0.29) is 11.9 Å². The molecule has 4 nitrogen and oxygen atoms in total. The number of benzene rings is 1. The van der Waals surface area contributed by atoms with Gasteiger partial charge in [0.15, 0.2) is 0 Å². The van der Waals surface area contributed by atoms with Crippen molar-refractivity contribution >= 4 is 11.9 Å². The van der Waals surface area contributed by atoms with Crippen LogP contribution in [0, 0.1) is 0 Å². The molecular weight excluding hydrogens is 266 g/mol. The molecule has 0 bridgehead atoms. The zero-order chi connectivity index (χ0) is 15.8. The number of unbranched alkanes of at least 4 members (excludes halogenated alkanes) is 1. The van der Waals surface area contributed by atoms with Gasteiger partial charge in [-0.25, -0.2) is 4.79 Å². The summed E-state index contributed by atoms with van der Waals surface area (Å²) < 4.78 is 4.70. The molecule has 0 aliphatic carbocycles. The van der Waals surface area contributed by atoms with Gasteiger partial charge in [0.25, 0.3) is 5.91 Å². The molecule has 0 heterocycles. The summed E-state index contributed by atoms with van der Waals surface area (Å²) in [5, 5.41) is 0. The Hall–Kier alpha value is -1.84. The minimum Gasteiger partial charge on any atom is -0.465 e. The number of amides is 1. The standard InChI is InChI=1S/C17H25NO3/c1-5-7-11-18(13(3)6-2)16(19)14-9-8-10-15(12-14)17(20)21-4/h8-10,12-13H,5-7,11H2,1-4H3. The van der Waals surface area contributed by atoms with Crippen molar-refractivity contribution < 1.29 is 14.3 Å². The quantitative estimate of drug-likeness (QED) is 0.722. The summed E-state index contributed by atoms with van der Waals surface area (Å²) in [5.41, 5.74) is 0.942. The van der Waals surface area contributed by atoms with E-state index in [0.29, 0.717) is 11.1 Å². The fourth-order valence-electron chi connectivity index (χ4n) is 2.13. The molecule has 1 amide bonds. The molecule has 0 aliphatic heterocycles. The Bertz CT molecular complexity index is 485. The van der Waals surface area contributed by atoms with Crippen LogP contribution in [-0.2, 0) is 4.74 Å². The Kier molecular flexibility index (Phi) is 6.92. The topological polar surface area (TPSA) is 46.6 Å². The predicted molar refractivity (Wildman–Crippen MR) is 83.5 cm³/mol. The van der Waals surface area contributed by atoms with E-state index >= 15 is 0 Å². The van der Waals surface area contributed by atoms with Gasteiger partial charge in [0, 0.05) is 18.2 Å². The van der Waals surface area contributed by atoms with Crippen LogP contribution in [0.15, 0.2) is 24.3 Å². The van der Waals surface area contributed by atoms with Crippen LogP contribution in [0.3, 0.4) is 0 Å². The van der Waals surface area contributed by atoms with E-state index in [1.54, 1.807) is 24.3 Å². The van der Waals surface area contributed by atoms with Gasteiger partial charge < -0.3 is 9.64 Å². The summed E-state index contributed by atoms with van der Waals surface area (Å²) in [6, 6.07) is 6.91. The molecule has 0 saturated heterocycles. The Morgan fingerprint density at radius 2 is 1.90 bits per heavy atom. The first-order chi connectivity index (χ1) is 10.0. The highest BCUT2D eigenvalue weighted by molar-refractivity contribution is 5.98. The van der Waals surface area contributed by atoms with Crippen LogP contribution in [0.4, 0.5) is 0 Å². The maximum absolute atomic E-state index is 12.7. The zero-order valence-electron chi connectivity index (χ0n) is 13.4. The third-order valence-corrected chi connectivity index (χ3v) is 3.67. The Labute approximate surface area is 127 Å². The van der Waals surface area contributed by atoms with Gasteiger partial charge in [-0.05, 0) is 38.0 Å². The van der Waals surface area contributed by atoms with Gasteiger partial charge in [-0.3, -0.25) is 4.79 Å². The molecule has 4 heteroatoms. The number of carbonyl (C=O) groups excluding carboxylic acids is 2. The van der Waals surface area contributed by atoms with E-state index < -0.39 is 5.97 Å². The van der Waals surface area contributed by atoms with Crippen molar-refractivity contribution in [3.63, 3.8) is 0 Å². The number of carbonyl (C=O) groups is 2. The molecule has 1 aromatic carbocycles. The van der Waals surface area contributed by atoms with E-state index in [1.165, 1.54) is 7.11 Å². The third-order valence-electron chi connectivity index (χ3n) is 3.67. The molecule has 1 rings (SSSR count). The number of nitrogens with zero attached hydrogens (tertiary/aromatic N) is 1. The van der Waals surface area contributed by atoms with Crippen LogP contribution in [0.2, 0.25) is 0 Å². The Balaban J connectivity index is 3.00. The lowest BCUT2D eigenvalue weighted by Crippen LogP contribution is -2.39. The Morgan fingerprint density at radius 1 is 1.24 bits per heavy atom. The first-order valence-corrected chi connectivity index (χ1v) is 7.54. The summed E-state index contributed by atoms with van der Waals surface area (Å²) in [5.74, 6) is -0.447.